The van der Waals surface area contributed by atoms with Gasteiger partial charge in [-0.3, -0.25) is 9.69 Å². The third kappa shape index (κ3) is 3.58. The van der Waals surface area contributed by atoms with Crippen molar-refractivity contribution in [2.75, 3.05) is 37.6 Å². The van der Waals surface area contributed by atoms with Gasteiger partial charge in [-0.1, -0.05) is 0 Å². The molecule has 1 saturated heterocycles. The van der Waals surface area contributed by atoms with Crippen molar-refractivity contribution in [2.24, 2.45) is 5.92 Å². The number of anilines is 1. The highest BCUT2D eigenvalue weighted by Crippen LogP contribution is 2.30. The second kappa shape index (κ2) is 6.59. The Bertz CT molecular complexity index is 802. The molecule has 6 nitrogen and oxygen atoms in total. The number of rotatable bonds is 4. The summed E-state index contributed by atoms with van der Waals surface area (Å²) in [6, 6.07) is 4.02. The van der Waals surface area contributed by atoms with E-state index < -0.39 is 0 Å². The summed E-state index contributed by atoms with van der Waals surface area (Å²) in [4.78, 5) is 28.8. The summed E-state index contributed by atoms with van der Waals surface area (Å²) in [5, 5.41) is 0. The van der Waals surface area contributed by atoms with Gasteiger partial charge in [-0.25, -0.2) is 9.97 Å². The van der Waals surface area contributed by atoms with Gasteiger partial charge in [0.25, 0.3) is 5.56 Å². The lowest BCUT2D eigenvalue weighted by Crippen LogP contribution is -2.47. The number of hydrogen-bond donors (Lipinski definition) is 1. The van der Waals surface area contributed by atoms with Gasteiger partial charge in [-0.05, 0) is 44.7 Å². The molecular formula is C19H25N5O. The van der Waals surface area contributed by atoms with Gasteiger partial charge in [-0.15, -0.1) is 0 Å². The van der Waals surface area contributed by atoms with Crippen molar-refractivity contribution >= 4 is 5.82 Å². The highest BCUT2D eigenvalue weighted by molar-refractivity contribution is 5.56. The van der Waals surface area contributed by atoms with Gasteiger partial charge in [0.05, 0.1) is 0 Å². The lowest BCUT2D eigenvalue weighted by atomic mass is 10.2. The van der Waals surface area contributed by atoms with Crippen molar-refractivity contribution in [1.82, 2.24) is 19.9 Å². The fourth-order valence-corrected chi connectivity index (χ4v) is 3.32. The zero-order valence-corrected chi connectivity index (χ0v) is 15.0. The molecule has 3 heterocycles. The van der Waals surface area contributed by atoms with Crippen LogP contribution in [0.15, 0.2) is 23.1 Å². The molecule has 0 radical (unpaired) electrons. The number of nitrogens with one attached hydrogen (secondary N) is 1. The first-order chi connectivity index (χ1) is 12.1. The quantitative estimate of drug-likeness (QED) is 0.923. The molecule has 0 unspecified atom stereocenters. The van der Waals surface area contributed by atoms with Crippen molar-refractivity contribution < 1.29 is 0 Å². The Morgan fingerprint density at radius 1 is 1.16 bits per heavy atom. The first-order valence-electron chi connectivity index (χ1n) is 9.11. The lowest BCUT2D eigenvalue weighted by molar-refractivity contribution is 0.247. The Morgan fingerprint density at radius 3 is 2.52 bits per heavy atom. The van der Waals surface area contributed by atoms with Crippen LogP contribution in [0.4, 0.5) is 5.82 Å². The Labute approximate surface area is 147 Å². The van der Waals surface area contributed by atoms with Crippen LogP contribution in [-0.4, -0.2) is 52.6 Å². The predicted molar refractivity (Wildman–Crippen MR) is 98.9 cm³/mol. The van der Waals surface area contributed by atoms with E-state index in [-0.39, 0.29) is 5.56 Å². The minimum atomic E-state index is -0.0849. The van der Waals surface area contributed by atoms with E-state index in [9.17, 15) is 4.79 Å². The van der Waals surface area contributed by atoms with Crippen molar-refractivity contribution in [1.29, 1.82) is 0 Å². The number of aromatic nitrogens is 3. The molecule has 0 atom stereocenters. The van der Waals surface area contributed by atoms with Crippen LogP contribution in [0.2, 0.25) is 0 Å². The van der Waals surface area contributed by atoms with E-state index in [0.717, 1.165) is 49.2 Å². The molecule has 4 rings (SSSR count). The monoisotopic (exact) mass is 339 g/mol. The van der Waals surface area contributed by atoms with Crippen LogP contribution in [0, 0.1) is 19.8 Å². The largest absolute Gasteiger partial charge is 0.354 e. The van der Waals surface area contributed by atoms with Crippen LogP contribution in [-0.2, 0) is 0 Å². The topological polar surface area (TPSA) is 65.1 Å². The van der Waals surface area contributed by atoms with Crippen LogP contribution in [0.25, 0.3) is 11.4 Å². The summed E-state index contributed by atoms with van der Waals surface area (Å²) in [5.74, 6) is 2.54. The van der Waals surface area contributed by atoms with E-state index in [1.807, 2.05) is 19.1 Å². The average molecular weight is 339 g/mol. The normalized spacial score (nSPS) is 18.6. The molecule has 2 fully saturated rings. The van der Waals surface area contributed by atoms with E-state index in [1.165, 1.54) is 19.4 Å². The summed E-state index contributed by atoms with van der Waals surface area (Å²) < 4.78 is 0. The van der Waals surface area contributed by atoms with E-state index >= 15 is 0 Å². The summed E-state index contributed by atoms with van der Waals surface area (Å²) in [6.45, 7) is 9.20. The summed E-state index contributed by atoms with van der Waals surface area (Å²) in [5.41, 5.74) is 2.18. The molecule has 2 aromatic heterocycles. The molecule has 0 aromatic carbocycles. The molecule has 1 aliphatic carbocycles. The second-order valence-electron chi connectivity index (χ2n) is 7.26. The summed E-state index contributed by atoms with van der Waals surface area (Å²) in [7, 11) is 0. The first kappa shape index (κ1) is 16.3. The summed E-state index contributed by atoms with van der Waals surface area (Å²) >= 11 is 0. The molecule has 2 aromatic rings. The van der Waals surface area contributed by atoms with Crippen LogP contribution < -0.4 is 10.5 Å². The molecule has 6 heteroatoms. The molecular weight excluding hydrogens is 314 g/mol. The van der Waals surface area contributed by atoms with Gasteiger partial charge < -0.3 is 9.88 Å². The second-order valence-corrected chi connectivity index (χ2v) is 7.26. The van der Waals surface area contributed by atoms with Crippen molar-refractivity contribution in [3.63, 3.8) is 0 Å². The smallest absolute Gasteiger partial charge is 0.254 e. The maximum Gasteiger partial charge on any atom is 0.254 e. The van der Waals surface area contributed by atoms with Gasteiger partial charge >= 0.3 is 0 Å². The van der Waals surface area contributed by atoms with Gasteiger partial charge in [0, 0.05) is 55.7 Å². The first-order valence-corrected chi connectivity index (χ1v) is 9.11. The molecule has 1 saturated carbocycles. The third-order valence-corrected chi connectivity index (χ3v) is 5.33. The molecule has 0 bridgehead atoms. The lowest BCUT2D eigenvalue weighted by Gasteiger charge is -2.35. The summed E-state index contributed by atoms with van der Waals surface area (Å²) in [6.07, 6.45) is 4.63. The van der Waals surface area contributed by atoms with Crippen LogP contribution in [0.3, 0.4) is 0 Å². The predicted octanol–water partition coefficient (Wildman–Crippen LogP) is 1.98. The highest BCUT2D eigenvalue weighted by atomic mass is 16.1. The van der Waals surface area contributed by atoms with Gasteiger partial charge in [0.15, 0.2) is 0 Å². The number of pyridine rings is 1. The van der Waals surface area contributed by atoms with E-state index in [4.69, 9.17) is 0 Å². The Morgan fingerprint density at radius 2 is 1.92 bits per heavy atom. The van der Waals surface area contributed by atoms with Crippen LogP contribution in [0.5, 0.6) is 0 Å². The average Bonchev–Trinajstić information content (AvgIpc) is 3.44. The number of H-pyrrole nitrogens is 1. The SMILES string of the molecule is Cc1nc(-c2ccc(N3CCN(CC4CC4)CC3)nc2)[nH]c(=O)c1C. The van der Waals surface area contributed by atoms with Crippen LogP contribution in [0.1, 0.15) is 24.1 Å². The molecule has 0 amide bonds. The standard InChI is InChI=1S/C19H25N5O/c1-13-14(2)21-18(22-19(13)25)16-5-6-17(20-11-16)24-9-7-23(8-10-24)12-15-3-4-15/h5-6,11,15H,3-4,7-10,12H2,1-2H3,(H,21,22,25). The molecule has 0 spiro atoms. The number of piperazine rings is 1. The van der Waals surface area contributed by atoms with Gasteiger partial charge in [0.2, 0.25) is 0 Å². The number of hydrogen-bond acceptors (Lipinski definition) is 5. The van der Waals surface area contributed by atoms with E-state index in [1.54, 1.807) is 13.1 Å². The maximum atomic E-state index is 11.9. The van der Waals surface area contributed by atoms with Crippen molar-refractivity contribution in [2.45, 2.75) is 26.7 Å². The van der Waals surface area contributed by atoms with Gasteiger partial charge in [0.1, 0.15) is 11.6 Å². The van der Waals surface area contributed by atoms with E-state index in [0.29, 0.717) is 11.4 Å². The molecule has 1 N–H and O–H groups in total. The van der Waals surface area contributed by atoms with Crippen molar-refractivity contribution in [3.8, 4) is 11.4 Å². The molecule has 2 aliphatic rings. The Hall–Kier alpha value is -2.21. The number of aryl methyl sites for hydroxylation is 1. The minimum absolute atomic E-state index is 0.0849. The molecule has 132 valence electrons. The maximum absolute atomic E-state index is 11.9. The highest BCUT2D eigenvalue weighted by Gasteiger charge is 2.26. The molecule has 1 aliphatic heterocycles. The fraction of sp³-hybridized carbons (Fsp3) is 0.526. The zero-order valence-electron chi connectivity index (χ0n) is 15.0. The van der Waals surface area contributed by atoms with Gasteiger partial charge in [-0.2, -0.15) is 0 Å². The van der Waals surface area contributed by atoms with Crippen molar-refractivity contribution in [3.05, 3.63) is 39.9 Å². The van der Waals surface area contributed by atoms with E-state index in [2.05, 4.69) is 24.8 Å². The van der Waals surface area contributed by atoms with Crippen LogP contribution >= 0.6 is 0 Å². The Kier molecular flexibility index (Phi) is 4.29. The minimum Gasteiger partial charge on any atom is -0.354 e. The Balaban J connectivity index is 1.44. The number of aromatic amines is 1. The zero-order chi connectivity index (χ0) is 17.4. The number of nitrogens with zero attached hydrogens (tertiary/aromatic N) is 4. The fourth-order valence-electron chi connectivity index (χ4n) is 3.32. The third-order valence-electron chi connectivity index (χ3n) is 5.33. The molecule has 25 heavy (non-hydrogen) atoms.